The lowest BCUT2D eigenvalue weighted by atomic mass is 9.66. The van der Waals surface area contributed by atoms with E-state index in [1.807, 2.05) is 0 Å². The summed E-state index contributed by atoms with van der Waals surface area (Å²) in [4.78, 5) is 24.6. The van der Waals surface area contributed by atoms with Crippen LogP contribution < -0.4 is 5.56 Å². The number of H-pyrrole nitrogens is 2. The number of halogens is 1. The van der Waals surface area contributed by atoms with Crippen molar-refractivity contribution in [1.29, 1.82) is 0 Å². The topological polar surface area (TPSA) is 95.2 Å². The molecule has 7 heteroatoms. The first kappa shape index (κ1) is 15.8. The molecule has 1 heterocycles. The number of aromatic amines is 2. The minimum absolute atomic E-state index is 0.158. The van der Waals surface area contributed by atoms with Crippen molar-refractivity contribution < 1.29 is 14.6 Å². The molecule has 2 aromatic rings. The third-order valence-corrected chi connectivity index (χ3v) is 4.68. The fourth-order valence-electron chi connectivity index (χ4n) is 3.41. The number of hydrogen-bond donors (Lipinski definition) is 3. The van der Waals surface area contributed by atoms with Crippen LogP contribution in [-0.2, 0) is 16.0 Å². The summed E-state index contributed by atoms with van der Waals surface area (Å²) < 4.78 is 4.88. The zero-order chi connectivity index (χ0) is 16.8. The number of hydrogen-bond acceptors (Lipinski definition) is 4. The van der Waals surface area contributed by atoms with Crippen molar-refractivity contribution in [3.8, 4) is 0 Å². The van der Waals surface area contributed by atoms with Gasteiger partial charge in [-0.15, -0.1) is 0 Å². The molecule has 3 N–H and O–H groups in total. The molecule has 1 aliphatic carbocycles. The second kappa shape index (κ2) is 5.54. The number of nitrogens with one attached hydrogen (secondary N) is 2. The summed E-state index contributed by atoms with van der Waals surface area (Å²) in [5, 5.41) is 16.7. The predicted molar refractivity (Wildman–Crippen MR) is 84.5 cm³/mol. The maximum Gasteiger partial charge on any atom is 0.312 e. The minimum Gasteiger partial charge on any atom is -0.469 e. The Morgan fingerprint density at radius 1 is 1.35 bits per heavy atom. The van der Waals surface area contributed by atoms with Crippen LogP contribution >= 0.6 is 11.6 Å². The van der Waals surface area contributed by atoms with Crippen molar-refractivity contribution in [2.45, 2.75) is 24.9 Å². The maximum atomic E-state index is 12.3. The third kappa shape index (κ3) is 2.58. The van der Waals surface area contributed by atoms with Crippen molar-refractivity contribution in [2.24, 2.45) is 5.92 Å². The Hall–Kier alpha value is -2.05. The average molecular weight is 337 g/mol. The van der Waals surface area contributed by atoms with Gasteiger partial charge in [0.05, 0.1) is 18.6 Å². The van der Waals surface area contributed by atoms with Crippen LogP contribution in [0.15, 0.2) is 29.1 Å². The number of carbonyl (C=O) groups is 1. The molecule has 1 aromatic heterocycles. The number of carbonyl (C=O) groups excluding carboxylic acids is 1. The Morgan fingerprint density at radius 3 is 2.61 bits per heavy atom. The second-order valence-corrected chi connectivity index (χ2v) is 6.47. The predicted octanol–water partition coefficient (Wildman–Crippen LogP) is 1.58. The summed E-state index contributed by atoms with van der Waals surface area (Å²) in [5.41, 5.74) is 0.116. The van der Waals surface area contributed by atoms with Gasteiger partial charge in [0.2, 0.25) is 0 Å². The first-order valence-corrected chi connectivity index (χ1v) is 7.58. The Bertz CT molecular complexity index is 791. The molecule has 6 nitrogen and oxygen atoms in total. The SMILES string of the molecule is COC(=O)[C@@H]1[C@@H](c2ccc(Cl)cc2)c2c([nH][nH]c2=O)C[C@@]1(C)O. The van der Waals surface area contributed by atoms with E-state index in [-0.39, 0.29) is 12.0 Å². The number of methoxy groups -OCH3 is 1. The lowest BCUT2D eigenvalue weighted by molar-refractivity contribution is -0.156. The highest BCUT2D eigenvalue weighted by atomic mass is 35.5. The van der Waals surface area contributed by atoms with Gasteiger partial charge in [-0.3, -0.25) is 14.7 Å². The molecular formula is C16H17ClN2O4. The minimum atomic E-state index is -1.35. The van der Waals surface area contributed by atoms with Gasteiger partial charge in [0.15, 0.2) is 0 Å². The molecule has 0 saturated carbocycles. The smallest absolute Gasteiger partial charge is 0.312 e. The van der Waals surface area contributed by atoms with Crippen LogP contribution in [0.4, 0.5) is 0 Å². The van der Waals surface area contributed by atoms with Gasteiger partial charge in [-0.25, -0.2) is 0 Å². The fourth-order valence-corrected chi connectivity index (χ4v) is 3.54. The number of aliphatic hydroxyl groups is 1. The lowest BCUT2D eigenvalue weighted by Crippen LogP contribution is -2.49. The van der Waals surface area contributed by atoms with Crippen molar-refractivity contribution >= 4 is 17.6 Å². The van der Waals surface area contributed by atoms with E-state index in [1.54, 1.807) is 31.2 Å². The number of esters is 1. The molecule has 0 unspecified atom stereocenters. The summed E-state index contributed by atoms with van der Waals surface area (Å²) in [6.45, 7) is 1.58. The molecule has 0 amide bonds. The van der Waals surface area contributed by atoms with Crippen LogP contribution in [0.1, 0.15) is 29.7 Å². The molecule has 1 aromatic carbocycles. The van der Waals surface area contributed by atoms with Gasteiger partial charge in [0.25, 0.3) is 5.56 Å². The van der Waals surface area contributed by atoms with E-state index in [4.69, 9.17) is 16.3 Å². The molecule has 122 valence electrons. The van der Waals surface area contributed by atoms with Gasteiger partial charge in [-0.05, 0) is 24.6 Å². The molecule has 0 radical (unpaired) electrons. The first-order valence-electron chi connectivity index (χ1n) is 7.20. The highest BCUT2D eigenvalue weighted by Gasteiger charge is 2.51. The number of rotatable bonds is 2. The van der Waals surface area contributed by atoms with Gasteiger partial charge in [0.1, 0.15) is 0 Å². The van der Waals surface area contributed by atoms with Crippen molar-refractivity contribution in [2.75, 3.05) is 7.11 Å². The van der Waals surface area contributed by atoms with Gasteiger partial charge in [0, 0.05) is 28.6 Å². The number of ether oxygens (including phenoxy) is 1. The molecule has 0 saturated heterocycles. The van der Waals surface area contributed by atoms with Crippen molar-refractivity contribution in [3.05, 3.63) is 56.5 Å². The largest absolute Gasteiger partial charge is 0.469 e. The summed E-state index contributed by atoms with van der Waals surface area (Å²) in [5.74, 6) is -2.06. The fraction of sp³-hybridized carbons (Fsp3) is 0.375. The monoisotopic (exact) mass is 336 g/mol. The summed E-state index contributed by atoms with van der Waals surface area (Å²) in [7, 11) is 1.27. The second-order valence-electron chi connectivity index (χ2n) is 6.04. The Kier molecular flexibility index (Phi) is 3.82. The first-order chi connectivity index (χ1) is 10.8. The zero-order valence-corrected chi connectivity index (χ0v) is 13.5. The van der Waals surface area contributed by atoms with E-state index in [1.165, 1.54) is 7.11 Å². The number of aromatic nitrogens is 2. The molecule has 3 atom stereocenters. The molecule has 0 aliphatic heterocycles. The van der Waals surface area contributed by atoms with E-state index in [2.05, 4.69) is 10.2 Å². The number of fused-ring (bicyclic) bond motifs is 1. The average Bonchev–Trinajstić information content (AvgIpc) is 2.85. The molecule has 3 rings (SSSR count). The zero-order valence-electron chi connectivity index (χ0n) is 12.7. The quantitative estimate of drug-likeness (QED) is 0.726. The van der Waals surface area contributed by atoms with Crippen LogP contribution in [0.3, 0.4) is 0 Å². The van der Waals surface area contributed by atoms with Gasteiger partial charge < -0.3 is 14.9 Å². The molecular weight excluding hydrogens is 320 g/mol. The Balaban J connectivity index is 2.24. The lowest BCUT2D eigenvalue weighted by Gasteiger charge is -2.40. The van der Waals surface area contributed by atoms with Crippen LogP contribution in [0.5, 0.6) is 0 Å². The number of benzene rings is 1. The molecule has 0 spiro atoms. The molecule has 0 bridgehead atoms. The summed E-state index contributed by atoms with van der Waals surface area (Å²) in [6.07, 6.45) is 0.158. The van der Waals surface area contributed by atoms with E-state index in [9.17, 15) is 14.7 Å². The van der Waals surface area contributed by atoms with Crippen molar-refractivity contribution in [1.82, 2.24) is 10.2 Å². The normalized spacial score (nSPS) is 26.6. The van der Waals surface area contributed by atoms with Crippen LogP contribution in [0.25, 0.3) is 0 Å². The molecule has 23 heavy (non-hydrogen) atoms. The van der Waals surface area contributed by atoms with E-state index in [0.29, 0.717) is 16.3 Å². The maximum absolute atomic E-state index is 12.3. The standard InChI is InChI=1S/C16H17ClN2O4/c1-16(22)7-10-12(14(20)19-18-10)11(13(16)15(21)23-2)8-3-5-9(17)6-4-8/h3-6,11,13,22H,7H2,1-2H3,(H2,18,19,20)/t11-,13-,16+/m0/s1. The van der Waals surface area contributed by atoms with Crippen molar-refractivity contribution in [3.63, 3.8) is 0 Å². The van der Waals surface area contributed by atoms with Gasteiger partial charge >= 0.3 is 5.97 Å². The molecule has 0 fully saturated rings. The van der Waals surface area contributed by atoms with Crippen LogP contribution in [0, 0.1) is 5.92 Å². The Morgan fingerprint density at radius 2 is 2.00 bits per heavy atom. The molecule has 1 aliphatic rings. The van der Waals surface area contributed by atoms with E-state index >= 15 is 0 Å². The van der Waals surface area contributed by atoms with Gasteiger partial charge in [-0.1, -0.05) is 23.7 Å². The highest BCUT2D eigenvalue weighted by Crippen LogP contribution is 2.44. The van der Waals surface area contributed by atoms with Crippen LogP contribution in [-0.4, -0.2) is 34.0 Å². The van der Waals surface area contributed by atoms with E-state index < -0.39 is 23.4 Å². The third-order valence-electron chi connectivity index (χ3n) is 4.43. The highest BCUT2D eigenvalue weighted by molar-refractivity contribution is 6.30. The van der Waals surface area contributed by atoms with E-state index in [0.717, 1.165) is 5.56 Å². The van der Waals surface area contributed by atoms with Gasteiger partial charge in [-0.2, -0.15) is 0 Å². The summed E-state index contributed by atoms with van der Waals surface area (Å²) in [6, 6.07) is 6.88. The summed E-state index contributed by atoms with van der Waals surface area (Å²) >= 11 is 5.93. The van der Waals surface area contributed by atoms with Crippen LogP contribution in [0.2, 0.25) is 5.02 Å². The Labute approximate surface area is 137 Å².